The predicted molar refractivity (Wildman–Crippen MR) is 116 cm³/mol. The van der Waals surface area contributed by atoms with Crippen LogP contribution in [0.5, 0.6) is 11.5 Å². The Morgan fingerprint density at radius 1 is 1.23 bits per heavy atom. The van der Waals surface area contributed by atoms with Crippen LogP contribution in [0.25, 0.3) is 11.4 Å². The average molecular weight is 422 g/mol. The standard InChI is InChI=1S/C23H26N4O4/c1-3-30-20-13-5-4-11-18(20)24-23(28)27-14-7-6-12-19(27)22-25-21(26-31-22)16-9-8-10-17(15-16)29-2/h4-5,8-11,13,15,19H,3,6-7,12,14H2,1-2H3,(H,24,28). The van der Waals surface area contributed by atoms with E-state index in [9.17, 15) is 4.79 Å². The van der Waals surface area contributed by atoms with Gasteiger partial charge in [-0.25, -0.2) is 4.79 Å². The van der Waals surface area contributed by atoms with E-state index in [4.69, 9.17) is 14.0 Å². The van der Waals surface area contributed by atoms with Gasteiger partial charge in [-0.3, -0.25) is 0 Å². The van der Waals surface area contributed by atoms with Crippen molar-refractivity contribution in [2.24, 2.45) is 0 Å². The minimum Gasteiger partial charge on any atom is -0.497 e. The van der Waals surface area contributed by atoms with Crippen molar-refractivity contribution in [1.29, 1.82) is 0 Å². The maximum Gasteiger partial charge on any atom is 0.322 e. The lowest BCUT2D eigenvalue weighted by Crippen LogP contribution is -2.41. The van der Waals surface area contributed by atoms with Gasteiger partial charge < -0.3 is 24.2 Å². The Kier molecular flexibility index (Phi) is 6.35. The van der Waals surface area contributed by atoms with Crippen LogP contribution in [0.1, 0.15) is 38.1 Å². The second kappa shape index (κ2) is 9.51. The molecule has 0 bridgehead atoms. The van der Waals surface area contributed by atoms with Crippen LogP contribution >= 0.6 is 0 Å². The lowest BCUT2D eigenvalue weighted by atomic mass is 10.0. The number of methoxy groups -OCH3 is 1. The molecule has 1 fully saturated rings. The maximum absolute atomic E-state index is 13.1. The summed E-state index contributed by atoms with van der Waals surface area (Å²) in [7, 11) is 1.61. The summed E-state index contributed by atoms with van der Waals surface area (Å²) < 4.78 is 16.5. The van der Waals surface area contributed by atoms with Crippen LogP contribution in [0.3, 0.4) is 0 Å². The fourth-order valence-corrected chi connectivity index (χ4v) is 3.72. The number of amides is 2. The van der Waals surface area contributed by atoms with Crippen molar-refractivity contribution in [1.82, 2.24) is 15.0 Å². The van der Waals surface area contributed by atoms with Gasteiger partial charge in [0.25, 0.3) is 0 Å². The molecular formula is C23H26N4O4. The summed E-state index contributed by atoms with van der Waals surface area (Å²) in [5, 5.41) is 7.11. The second-order valence-electron chi connectivity index (χ2n) is 7.25. The molecule has 1 aromatic heterocycles. The first-order chi connectivity index (χ1) is 15.2. The van der Waals surface area contributed by atoms with E-state index in [1.54, 1.807) is 12.0 Å². The molecular weight excluding hydrogens is 396 g/mol. The molecule has 162 valence electrons. The number of hydrogen-bond acceptors (Lipinski definition) is 6. The molecule has 4 rings (SSSR count). The number of hydrogen-bond donors (Lipinski definition) is 1. The Morgan fingerprint density at radius 3 is 2.94 bits per heavy atom. The Morgan fingerprint density at radius 2 is 2.10 bits per heavy atom. The normalized spacial score (nSPS) is 16.1. The number of para-hydroxylation sites is 2. The highest BCUT2D eigenvalue weighted by atomic mass is 16.5. The van der Waals surface area contributed by atoms with Gasteiger partial charge in [0.2, 0.25) is 11.7 Å². The van der Waals surface area contributed by atoms with Crippen LogP contribution in [0.4, 0.5) is 10.5 Å². The number of carbonyl (C=O) groups is 1. The predicted octanol–water partition coefficient (Wildman–Crippen LogP) is 4.90. The molecule has 1 unspecified atom stereocenters. The number of urea groups is 1. The van der Waals surface area contributed by atoms with Crippen LogP contribution in [-0.2, 0) is 0 Å². The number of nitrogens with one attached hydrogen (secondary N) is 1. The van der Waals surface area contributed by atoms with Crippen molar-refractivity contribution in [3.8, 4) is 22.9 Å². The van der Waals surface area contributed by atoms with Crippen molar-refractivity contribution in [3.05, 3.63) is 54.4 Å². The summed E-state index contributed by atoms with van der Waals surface area (Å²) in [6.45, 7) is 3.05. The second-order valence-corrected chi connectivity index (χ2v) is 7.25. The summed E-state index contributed by atoms with van der Waals surface area (Å²) in [6.07, 6.45) is 2.68. The van der Waals surface area contributed by atoms with Gasteiger partial charge in [-0.05, 0) is 50.5 Å². The molecule has 31 heavy (non-hydrogen) atoms. The zero-order chi connectivity index (χ0) is 21.6. The summed E-state index contributed by atoms with van der Waals surface area (Å²) in [6, 6.07) is 14.4. The molecule has 0 radical (unpaired) electrons. The average Bonchev–Trinajstić information content (AvgIpc) is 3.31. The van der Waals surface area contributed by atoms with E-state index in [1.807, 2.05) is 55.5 Å². The molecule has 0 spiro atoms. The first-order valence-electron chi connectivity index (χ1n) is 10.5. The Bertz CT molecular complexity index is 1040. The molecule has 0 saturated carbocycles. The van der Waals surface area contributed by atoms with E-state index in [1.165, 1.54) is 0 Å². The van der Waals surface area contributed by atoms with E-state index in [2.05, 4.69) is 15.5 Å². The Balaban J connectivity index is 1.54. The van der Waals surface area contributed by atoms with Gasteiger partial charge in [0.1, 0.15) is 17.5 Å². The molecule has 3 aromatic rings. The molecule has 0 aliphatic carbocycles. The Hall–Kier alpha value is -3.55. The lowest BCUT2D eigenvalue weighted by Gasteiger charge is -2.33. The SMILES string of the molecule is CCOc1ccccc1NC(=O)N1CCCCC1c1nc(-c2cccc(OC)c2)no1. The first kappa shape index (κ1) is 20.7. The van der Waals surface area contributed by atoms with Crippen molar-refractivity contribution in [3.63, 3.8) is 0 Å². The largest absolute Gasteiger partial charge is 0.497 e. The van der Waals surface area contributed by atoms with E-state index in [-0.39, 0.29) is 12.1 Å². The van der Waals surface area contributed by atoms with Crippen molar-refractivity contribution >= 4 is 11.7 Å². The fourth-order valence-electron chi connectivity index (χ4n) is 3.72. The van der Waals surface area contributed by atoms with Crippen molar-refractivity contribution < 1.29 is 18.8 Å². The van der Waals surface area contributed by atoms with Gasteiger partial charge in [-0.15, -0.1) is 0 Å². The van der Waals surface area contributed by atoms with Crippen LogP contribution in [0.15, 0.2) is 53.1 Å². The molecule has 1 atom stereocenters. The monoisotopic (exact) mass is 422 g/mol. The highest BCUT2D eigenvalue weighted by Crippen LogP contribution is 2.33. The Labute approximate surface area is 181 Å². The summed E-state index contributed by atoms with van der Waals surface area (Å²) >= 11 is 0. The molecule has 8 nitrogen and oxygen atoms in total. The minimum atomic E-state index is -0.278. The van der Waals surface area contributed by atoms with Crippen molar-refractivity contribution in [2.45, 2.75) is 32.2 Å². The fraction of sp³-hybridized carbons (Fsp3) is 0.348. The number of carbonyl (C=O) groups excluding carboxylic acids is 1. The summed E-state index contributed by atoms with van der Waals surface area (Å²) in [5.74, 6) is 2.27. The number of nitrogens with zero attached hydrogens (tertiary/aromatic N) is 3. The third kappa shape index (κ3) is 4.63. The highest BCUT2D eigenvalue weighted by Gasteiger charge is 2.32. The minimum absolute atomic E-state index is 0.210. The van der Waals surface area contributed by atoms with Gasteiger partial charge in [-0.1, -0.05) is 29.4 Å². The van der Waals surface area contributed by atoms with E-state index in [0.717, 1.165) is 30.6 Å². The van der Waals surface area contributed by atoms with Gasteiger partial charge in [0.15, 0.2) is 0 Å². The number of likely N-dealkylation sites (tertiary alicyclic amines) is 1. The topological polar surface area (TPSA) is 89.7 Å². The molecule has 2 aromatic carbocycles. The van der Waals surface area contributed by atoms with Gasteiger partial charge in [-0.2, -0.15) is 4.98 Å². The molecule has 2 heterocycles. The molecule has 8 heteroatoms. The van der Waals surface area contributed by atoms with Crippen LogP contribution < -0.4 is 14.8 Å². The number of piperidine rings is 1. The third-order valence-corrected chi connectivity index (χ3v) is 5.25. The molecule has 1 aliphatic rings. The van der Waals surface area contributed by atoms with E-state index in [0.29, 0.717) is 36.3 Å². The van der Waals surface area contributed by atoms with E-state index >= 15 is 0 Å². The zero-order valence-corrected chi connectivity index (χ0v) is 17.7. The number of rotatable bonds is 6. The van der Waals surface area contributed by atoms with Crippen molar-refractivity contribution in [2.75, 3.05) is 25.6 Å². The maximum atomic E-state index is 13.1. The van der Waals surface area contributed by atoms with E-state index < -0.39 is 0 Å². The van der Waals surface area contributed by atoms with Gasteiger partial charge in [0, 0.05) is 12.1 Å². The third-order valence-electron chi connectivity index (χ3n) is 5.25. The van der Waals surface area contributed by atoms with Crippen LogP contribution in [-0.4, -0.2) is 41.3 Å². The van der Waals surface area contributed by atoms with Crippen LogP contribution in [0.2, 0.25) is 0 Å². The summed E-state index contributed by atoms with van der Waals surface area (Å²) in [5.41, 5.74) is 1.44. The van der Waals surface area contributed by atoms with Gasteiger partial charge in [0.05, 0.1) is 19.4 Å². The van der Waals surface area contributed by atoms with Crippen LogP contribution in [0, 0.1) is 0 Å². The number of ether oxygens (including phenoxy) is 2. The first-order valence-corrected chi connectivity index (χ1v) is 10.5. The number of benzene rings is 2. The lowest BCUT2D eigenvalue weighted by molar-refractivity contribution is 0.142. The zero-order valence-electron chi connectivity index (χ0n) is 17.7. The van der Waals surface area contributed by atoms with Gasteiger partial charge >= 0.3 is 6.03 Å². The number of anilines is 1. The number of aromatic nitrogens is 2. The molecule has 2 amide bonds. The highest BCUT2D eigenvalue weighted by molar-refractivity contribution is 5.91. The quantitative estimate of drug-likeness (QED) is 0.607. The molecule has 1 aliphatic heterocycles. The molecule has 1 saturated heterocycles. The molecule has 1 N–H and O–H groups in total. The summed E-state index contributed by atoms with van der Waals surface area (Å²) in [4.78, 5) is 19.5. The smallest absolute Gasteiger partial charge is 0.322 e.